The molecule has 102 valence electrons. The van der Waals surface area contributed by atoms with Gasteiger partial charge in [-0.25, -0.2) is 4.79 Å². The molecule has 0 aliphatic carbocycles. The molecule has 0 saturated heterocycles. The second kappa shape index (κ2) is 7.10. The van der Waals surface area contributed by atoms with E-state index in [2.05, 4.69) is 9.72 Å². The lowest BCUT2D eigenvalue weighted by Crippen LogP contribution is -2.03. The molecule has 0 fully saturated rings. The maximum atomic E-state index is 11.0. The molecule has 1 heterocycles. The quantitative estimate of drug-likeness (QED) is 0.337. The van der Waals surface area contributed by atoms with Crippen LogP contribution in [0.4, 0.5) is 5.82 Å². The van der Waals surface area contributed by atoms with Crippen molar-refractivity contribution in [1.29, 1.82) is 0 Å². The third kappa shape index (κ3) is 4.74. The van der Waals surface area contributed by atoms with Gasteiger partial charge < -0.3 is 19.6 Å². The van der Waals surface area contributed by atoms with E-state index < -0.39 is 10.9 Å². The first kappa shape index (κ1) is 14.6. The first-order valence-electron chi connectivity index (χ1n) is 5.62. The van der Waals surface area contributed by atoms with E-state index in [1.165, 1.54) is 18.2 Å². The molecule has 1 aromatic rings. The number of carbonyl (C=O) groups excluding carboxylic acids is 1. The van der Waals surface area contributed by atoms with Crippen LogP contribution in [0.3, 0.4) is 0 Å². The van der Waals surface area contributed by atoms with Crippen LogP contribution in [0, 0.1) is 17.0 Å². The summed E-state index contributed by atoms with van der Waals surface area (Å²) >= 11 is 0. The van der Waals surface area contributed by atoms with E-state index in [9.17, 15) is 14.9 Å². The summed E-state index contributed by atoms with van der Waals surface area (Å²) in [6, 6.07) is 3.08. The van der Waals surface area contributed by atoms with Crippen molar-refractivity contribution in [2.24, 2.45) is 0 Å². The van der Waals surface area contributed by atoms with Crippen LogP contribution >= 0.6 is 0 Å². The summed E-state index contributed by atoms with van der Waals surface area (Å²) in [4.78, 5) is 24.9. The van der Waals surface area contributed by atoms with Gasteiger partial charge in [0.05, 0.1) is 6.61 Å². The molecule has 0 radical (unpaired) electrons. The molecule has 19 heavy (non-hydrogen) atoms. The zero-order valence-electron chi connectivity index (χ0n) is 10.7. The van der Waals surface area contributed by atoms with Gasteiger partial charge in [0.1, 0.15) is 12.3 Å². The zero-order chi connectivity index (χ0) is 14.3. The third-order valence-corrected chi connectivity index (χ3v) is 2.03. The minimum atomic E-state index is -0.614. The number of rotatable bonds is 6. The Morgan fingerprint density at radius 3 is 2.89 bits per heavy atom. The van der Waals surface area contributed by atoms with Crippen LogP contribution in [-0.2, 0) is 9.53 Å². The number of nitrogens with zero attached hydrogens (tertiary/aromatic N) is 2. The van der Waals surface area contributed by atoms with Crippen molar-refractivity contribution in [2.75, 3.05) is 13.2 Å². The molecular formula is C12H14N2O5. The van der Waals surface area contributed by atoms with E-state index in [0.717, 1.165) is 0 Å². The number of hydrogen-bond acceptors (Lipinski definition) is 6. The van der Waals surface area contributed by atoms with Crippen LogP contribution in [-0.4, -0.2) is 29.1 Å². The summed E-state index contributed by atoms with van der Waals surface area (Å²) < 4.78 is 9.85. The first-order chi connectivity index (χ1) is 9.04. The second-order valence-corrected chi connectivity index (χ2v) is 3.50. The number of aromatic nitrogens is 1. The van der Waals surface area contributed by atoms with Crippen molar-refractivity contribution >= 4 is 11.8 Å². The summed E-state index contributed by atoms with van der Waals surface area (Å²) in [5.74, 6) is -0.767. The summed E-state index contributed by atoms with van der Waals surface area (Å²) in [5, 5.41) is 10.8. The van der Waals surface area contributed by atoms with Crippen molar-refractivity contribution in [3.8, 4) is 5.75 Å². The van der Waals surface area contributed by atoms with Gasteiger partial charge in [-0.05, 0) is 35.0 Å². The smallest absolute Gasteiger partial charge is 0.406 e. The Hall–Kier alpha value is -2.44. The second-order valence-electron chi connectivity index (χ2n) is 3.50. The predicted molar refractivity (Wildman–Crippen MR) is 66.9 cm³/mol. The SMILES string of the molecule is CCOC(=O)/C=C/COc1ccc(C)nc1[N+](=O)[O-]. The number of aryl methyl sites for hydroxylation is 1. The molecular weight excluding hydrogens is 252 g/mol. The molecule has 0 amide bonds. The molecule has 0 spiro atoms. The number of ether oxygens (including phenoxy) is 2. The first-order valence-corrected chi connectivity index (χ1v) is 5.62. The summed E-state index contributed by atoms with van der Waals surface area (Å²) in [6.45, 7) is 3.66. The van der Waals surface area contributed by atoms with Crippen LogP contribution in [0.2, 0.25) is 0 Å². The highest BCUT2D eigenvalue weighted by atomic mass is 16.6. The largest absolute Gasteiger partial charge is 0.481 e. The van der Waals surface area contributed by atoms with E-state index >= 15 is 0 Å². The highest BCUT2D eigenvalue weighted by Crippen LogP contribution is 2.24. The Balaban J connectivity index is 2.63. The molecule has 0 aliphatic heterocycles. The number of nitro groups is 1. The summed E-state index contributed by atoms with van der Waals surface area (Å²) in [6.07, 6.45) is 2.62. The average Bonchev–Trinajstić information content (AvgIpc) is 2.36. The van der Waals surface area contributed by atoms with Gasteiger partial charge in [0.2, 0.25) is 5.75 Å². The molecule has 7 heteroatoms. The van der Waals surface area contributed by atoms with Gasteiger partial charge in [0.25, 0.3) is 0 Å². The van der Waals surface area contributed by atoms with Gasteiger partial charge in [-0.3, -0.25) is 0 Å². The lowest BCUT2D eigenvalue weighted by atomic mass is 10.3. The van der Waals surface area contributed by atoms with Crippen LogP contribution in [0.15, 0.2) is 24.3 Å². The van der Waals surface area contributed by atoms with Crippen molar-refractivity contribution in [3.63, 3.8) is 0 Å². The number of esters is 1. The highest BCUT2D eigenvalue weighted by Gasteiger charge is 2.16. The molecule has 0 aromatic carbocycles. The fraction of sp³-hybridized carbons (Fsp3) is 0.333. The minimum Gasteiger partial charge on any atom is -0.481 e. The summed E-state index contributed by atoms with van der Waals surface area (Å²) in [7, 11) is 0. The maximum Gasteiger partial charge on any atom is 0.406 e. The van der Waals surface area contributed by atoms with Crippen LogP contribution in [0.1, 0.15) is 12.6 Å². The molecule has 0 bridgehead atoms. The van der Waals surface area contributed by atoms with E-state index in [1.54, 1.807) is 19.9 Å². The van der Waals surface area contributed by atoms with Gasteiger partial charge in [-0.15, -0.1) is 0 Å². The Morgan fingerprint density at radius 2 is 2.26 bits per heavy atom. The predicted octanol–water partition coefficient (Wildman–Crippen LogP) is 1.80. The third-order valence-electron chi connectivity index (χ3n) is 2.03. The minimum absolute atomic E-state index is 0.0182. The molecule has 0 N–H and O–H groups in total. The average molecular weight is 266 g/mol. The van der Waals surface area contributed by atoms with Crippen molar-refractivity contribution in [1.82, 2.24) is 4.98 Å². The van der Waals surface area contributed by atoms with Gasteiger partial charge in [-0.1, -0.05) is 0 Å². The molecule has 1 aromatic heterocycles. The van der Waals surface area contributed by atoms with Crippen molar-refractivity contribution < 1.29 is 19.2 Å². The fourth-order valence-corrected chi connectivity index (χ4v) is 1.25. The molecule has 0 atom stereocenters. The van der Waals surface area contributed by atoms with Gasteiger partial charge in [0.15, 0.2) is 0 Å². The molecule has 0 unspecified atom stereocenters. The molecule has 0 saturated carbocycles. The van der Waals surface area contributed by atoms with E-state index in [0.29, 0.717) is 5.69 Å². The van der Waals surface area contributed by atoms with Crippen LogP contribution in [0.5, 0.6) is 5.75 Å². The topological polar surface area (TPSA) is 91.6 Å². The lowest BCUT2D eigenvalue weighted by Gasteiger charge is -2.03. The Morgan fingerprint density at radius 1 is 1.53 bits per heavy atom. The number of hydrogen-bond donors (Lipinski definition) is 0. The van der Waals surface area contributed by atoms with Gasteiger partial charge >= 0.3 is 11.8 Å². The maximum absolute atomic E-state index is 11.0. The number of carbonyl (C=O) groups is 1. The molecule has 0 aliphatic rings. The Labute approximate surface area is 110 Å². The van der Waals surface area contributed by atoms with E-state index in [-0.39, 0.29) is 24.8 Å². The van der Waals surface area contributed by atoms with E-state index in [4.69, 9.17) is 4.74 Å². The van der Waals surface area contributed by atoms with Gasteiger partial charge in [-0.2, -0.15) is 0 Å². The Kier molecular flexibility index (Phi) is 5.46. The zero-order valence-corrected chi connectivity index (χ0v) is 10.7. The van der Waals surface area contributed by atoms with Gasteiger partial charge in [0, 0.05) is 13.0 Å². The fourth-order valence-electron chi connectivity index (χ4n) is 1.25. The lowest BCUT2D eigenvalue weighted by molar-refractivity contribution is -0.390. The summed E-state index contributed by atoms with van der Waals surface area (Å²) in [5.41, 5.74) is 0.529. The van der Waals surface area contributed by atoms with Crippen molar-refractivity contribution in [2.45, 2.75) is 13.8 Å². The highest BCUT2D eigenvalue weighted by molar-refractivity contribution is 5.81. The molecule has 7 nitrogen and oxygen atoms in total. The van der Waals surface area contributed by atoms with Crippen LogP contribution in [0.25, 0.3) is 0 Å². The number of pyridine rings is 1. The van der Waals surface area contributed by atoms with Crippen molar-refractivity contribution in [3.05, 3.63) is 40.1 Å². The monoisotopic (exact) mass is 266 g/mol. The van der Waals surface area contributed by atoms with Crippen LogP contribution < -0.4 is 4.74 Å². The Bertz CT molecular complexity index is 499. The normalized spacial score (nSPS) is 10.4. The van der Waals surface area contributed by atoms with E-state index in [1.807, 2.05) is 0 Å². The molecule has 1 rings (SSSR count). The standard InChI is InChI=1S/C12H14N2O5/c1-3-18-11(15)5-4-8-19-10-7-6-9(2)13-12(10)14(16)17/h4-7H,3,8H2,1-2H3/b5-4+.